The van der Waals surface area contributed by atoms with Gasteiger partial charge in [-0.15, -0.1) is 10.2 Å². The van der Waals surface area contributed by atoms with Crippen molar-refractivity contribution in [3.63, 3.8) is 0 Å². The lowest BCUT2D eigenvalue weighted by atomic mass is 10.2. The van der Waals surface area contributed by atoms with Crippen molar-refractivity contribution in [3.8, 4) is 5.69 Å². The van der Waals surface area contributed by atoms with E-state index in [1.54, 1.807) is 10.6 Å². The summed E-state index contributed by atoms with van der Waals surface area (Å²) in [5, 5.41) is 13.8. The van der Waals surface area contributed by atoms with E-state index in [-0.39, 0.29) is 28.6 Å². The molecular formula is C24H18ClF2N5O2S. The molecule has 11 heteroatoms. The second-order valence-electron chi connectivity index (χ2n) is 7.17. The number of nitrogens with one attached hydrogen (secondary N) is 2. The van der Waals surface area contributed by atoms with Crippen LogP contribution < -0.4 is 10.6 Å². The minimum Gasteiger partial charge on any atom is -0.345 e. The standard InChI is InChI=1S/C24H18ClF2N5O2S/c25-16-9-6-11-18(27)22(16)23(34)28-13-20-30-31-24(32(20)15-7-2-1-3-8-15)35-14-21(33)29-19-12-5-4-10-17(19)26/h1-12H,13-14H2,(H,28,34)(H,29,33). The van der Waals surface area contributed by atoms with E-state index in [0.717, 1.165) is 17.8 Å². The van der Waals surface area contributed by atoms with E-state index in [4.69, 9.17) is 11.6 Å². The first kappa shape index (κ1) is 24.4. The number of halogens is 3. The summed E-state index contributed by atoms with van der Waals surface area (Å²) in [6, 6.07) is 18.9. The Morgan fingerprint density at radius 2 is 1.63 bits per heavy atom. The van der Waals surface area contributed by atoms with Gasteiger partial charge < -0.3 is 10.6 Å². The van der Waals surface area contributed by atoms with Gasteiger partial charge in [-0.1, -0.05) is 59.8 Å². The monoisotopic (exact) mass is 513 g/mol. The molecule has 0 aliphatic heterocycles. The number of benzene rings is 3. The molecule has 0 atom stereocenters. The van der Waals surface area contributed by atoms with Crippen molar-refractivity contribution in [3.05, 3.63) is 101 Å². The number of carbonyl (C=O) groups is 2. The Balaban J connectivity index is 1.51. The number of aromatic nitrogens is 3. The van der Waals surface area contributed by atoms with Crippen molar-refractivity contribution in [1.82, 2.24) is 20.1 Å². The summed E-state index contributed by atoms with van der Waals surface area (Å²) in [6.45, 7) is -0.0760. The molecule has 0 aliphatic rings. The molecule has 35 heavy (non-hydrogen) atoms. The van der Waals surface area contributed by atoms with E-state index in [2.05, 4.69) is 20.8 Å². The molecular weight excluding hydrogens is 496 g/mol. The van der Waals surface area contributed by atoms with Crippen molar-refractivity contribution in [2.24, 2.45) is 0 Å². The predicted octanol–water partition coefficient (Wildman–Crippen LogP) is 4.86. The minimum absolute atomic E-state index is 0.0101. The molecule has 0 unspecified atom stereocenters. The number of para-hydroxylation sites is 2. The van der Waals surface area contributed by atoms with E-state index in [9.17, 15) is 18.4 Å². The number of thioether (sulfide) groups is 1. The van der Waals surface area contributed by atoms with Crippen LogP contribution in [0.15, 0.2) is 78.0 Å². The first-order valence-corrected chi connectivity index (χ1v) is 11.7. The lowest BCUT2D eigenvalue weighted by Crippen LogP contribution is -2.26. The molecule has 0 fully saturated rings. The predicted molar refractivity (Wildman–Crippen MR) is 130 cm³/mol. The fourth-order valence-electron chi connectivity index (χ4n) is 3.19. The highest BCUT2D eigenvalue weighted by Gasteiger charge is 2.19. The van der Waals surface area contributed by atoms with E-state index >= 15 is 0 Å². The second-order valence-corrected chi connectivity index (χ2v) is 8.52. The van der Waals surface area contributed by atoms with Gasteiger partial charge in [-0.3, -0.25) is 14.2 Å². The molecule has 1 heterocycles. The van der Waals surface area contributed by atoms with Crippen molar-refractivity contribution < 1.29 is 18.4 Å². The maximum absolute atomic E-state index is 14.1. The molecule has 2 N–H and O–H groups in total. The van der Waals surface area contributed by atoms with Crippen LogP contribution in [0.4, 0.5) is 14.5 Å². The third-order valence-corrected chi connectivity index (χ3v) is 6.04. The van der Waals surface area contributed by atoms with E-state index in [1.807, 2.05) is 30.3 Å². The van der Waals surface area contributed by atoms with Crippen LogP contribution in [0.5, 0.6) is 0 Å². The first-order valence-electron chi connectivity index (χ1n) is 10.3. The third kappa shape index (κ3) is 5.84. The third-order valence-electron chi connectivity index (χ3n) is 4.79. The minimum atomic E-state index is -0.739. The van der Waals surface area contributed by atoms with Gasteiger partial charge in [0.2, 0.25) is 5.91 Å². The number of carbonyl (C=O) groups excluding carboxylic acids is 2. The van der Waals surface area contributed by atoms with Gasteiger partial charge in [-0.05, 0) is 36.4 Å². The molecule has 0 saturated heterocycles. The van der Waals surface area contributed by atoms with E-state index in [0.29, 0.717) is 16.7 Å². The number of anilines is 1. The van der Waals surface area contributed by atoms with Crippen LogP contribution in [0.2, 0.25) is 5.02 Å². The Morgan fingerprint density at radius 3 is 2.37 bits per heavy atom. The first-order chi connectivity index (χ1) is 16.9. The average molecular weight is 514 g/mol. The smallest absolute Gasteiger partial charge is 0.256 e. The highest BCUT2D eigenvalue weighted by Crippen LogP contribution is 2.23. The molecule has 0 aliphatic carbocycles. The van der Waals surface area contributed by atoms with Gasteiger partial charge in [0.1, 0.15) is 11.6 Å². The number of rotatable bonds is 8. The number of nitrogens with zero attached hydrogens (tertiary/aromatic N) is 3. The molecule has 7 nitrogen and oxygen atoms in total. The van der Waals surface area contributed by atoms with Gasteiger partial charge in [0, 0.05) is 5.69 Å². The van der Waals surface area contributed by atoms with E-state index < -0.39 is 23.4 Å². The zero-order valence-corrected chi connectivity index (χ0v) is 19.6. The van der Waals surface area contributed by atoms with Crippen LogP contribution in [0.25, 0.3) is 5.69 Å². The van der Waals surface area contributed by atoms with Gasteiger partial charge in [0.25, 0.3) is 5.91 Å². The Kier molecular flexibility index (Phi) is 7.74. The number of amides is 2. The molecule has 0 spiro atoms. The lowest BCUT2D eigenvalue weighted by molar-refractivity contribution is -0.113. The highest BCUT2D eigenvalue weighted by molar-refractivity contribution is 7.99. The molecule has 4 rings (SSSR count). The van der Waals surface area contributed by atoms with Crippen LogP contribution in [0.1, 0.15) is 16.2 Å². The molecule has 0 bridgehead atoms. The Hall–Kier alpha value is -3.76. The van der Waals surface area contributed by atoms with Crippen molar-refractivity contribution >= 4 is 40.9 Å². The van der Waals surface area contributed by atoms with Gasteiger partial charge in [0.05, 0.1) is 28.6 Å². The Labute approximate surface area is 208 Å². The normalized spacial score (nSPS) is 10.7. The quantitative estimate of drug-likeness (QED) is 0.328. The van der Waals surface area contributed by atoms with E-state index in [1.165, 1.54) is 30.3 Å². The fourth-order valence-corrected chi connectivity index (χ4v) is 4.21. The lowest BCUT2D eigenvalue weighted by Gasteiger charge is -2.12. The molecule has 3 aromatic carbocycles. The number of hydrogen-bond acceptors (Lipinski definition) is 5. The summed E-state index contributed by atoms with van der Waals surface area (Å²) >= 11 is 7.07. The second kappa shape index (κ2) is 11.1. The maximum Gasteiger partial charge on any atom is 0.256 e. The summed E-state index contributed by atoms with van der Waals surface area (Å²) < 4.78 is 29.6. The largest absolute Gasteiger partial charge is 0.345 e. The highest BCUT2D eigenvalue weighted by atomic mass is 35.5. The molecule has 2 amide bonds. The molecule has 178 valence electrons. The zero-order chi connectivity index (χ0) is 24.8. The zero-order valence-electron chi connectivity index (χ0n) is 18.0. The SMILES string of the molecule is O=C(CSc1nnc(CNC(=O)c2c(F)cccc2Cl)n1-c1ccccc1)Nc1ccccc1F. The van der Waals surface area contributed by atoms with Crippen LogP contribution >= 0.6 is 23.4 Å². The van der Waals surface area contributed by atoms with Crippen LogP contribution in [0.3, 0.4) is 0 Å². The summed E-state index contributed by atoms with van der Waals surface area (Å²) in [7, 11) is 0. The molecule has 4 aromatic rings. The van der Waals surface area contributed by atoms with Gasteiger partial charge in [-0.25, -0.2) is 8.78 Å². The van der Waals surface area contributed by atoms with Crippen molar-refractivity contribution in [1.29, 1.82) is 0 Å². The summed E-state index contributed by atoms with van der Waals surface area (Å²) in [6.07, 6.45) is 0. The van der Waals surface area contributed by atoms with Crippen molar-refractivity contribution in [2.75, 3.05) is 11.1 Å². The van der Waals surface area contributed by atoms with Crippen LogP contribution in [-0.4, -0.2) is 32.3 Å². The van der Waals surface area contributed by atoms with Crippen LogP contribution in [0, 0.1) is 11.6 Å². The molecule has 1 aromatic heterocycles. The Bertz CT molecular complexity index is 1350. The fraction of sp³-hybridized carbons (Fsp3) is 0.0833. The summed E-state index contributed by atoms with van der Waals surface area (Å²) in [4.78, 5) is 24.9. The van der Waals surface area contributed by atoms with Crippen LogP contribution in [-0.2, 0) is 11.3 Å². The molecule has 0 radical (unpaired) electrons. The number of hydrogen-bond donors (Lipinski definition) is 2. The summed E-state index contributed by atoms with van der Waals surface area (Å²) in [5.74, 6) is -2.10. The maximum atomic E-state index is 14.1. The van der Waals surface area contributed by atoms with Gasteiger partial charge in [-0.2, -0.15) is 0 Å². The Morgan fingerprint density at radius 1 is 0.914 bits per heavy atom. The molecule has 0 saturated carbocycles. The summed E-state index contributed by atoms with van der Waals surface area (Å²) in [5.41, 5.74) is 0.514. The van der Waals surface area contributed by atoms with Crippen molar-refractivity contribution in [2.45, 2.75) is 11.7 Å². The van der Waals surface area contributed by atoms with Gasteiger partial charge in [0.15, 0.2) is 11.0 Å². The average Bonchev–Trinajstić information content (AvgIpc) is 3.26. The van der Waals surface area contributed by atoms with Gasteiger partial charge >= 0.3 is 0 Å². The topological polar surface area (TPSA) is 88.9 Å².